The number of pyridine rings is 2. The number of nitrogens with two attached hydrogens (primary N) is 4. The molecule has 740 valence electrons. The molecule has 0 bridgehead atoms. The van der Waals surface area contributed by atoms with Crippen LogP contribution in [0.2, 0.25) is 0 Å². The molecule has 9 heterocycles. The number of hydrogen-bond donors (Lipinski definition) is 7. The summed E-state index contributed by atoms with van der Waals surface area (Å²) < 4.78 is 188. The molecule has 0 saturated carbocycles. The predicted molar refractivity (Wildman–Crippen MR) is 523 cm³/mol. The number of carbonyl (C=O) groups excluding carboxylic acids is 9. The van der Waals surface area contributed by atoms with Crippen molar-refractivity contribution in [2.24, 2.45) is 37.9 Å². The van der Waals surface area contributed by atoms with Gasteiger partial charge in [0.2, 0.25) is 23.5 Å². The van der Waals surface area contributed by atoms with Crippen LogP contribution in [0.25, 0.3) is 11.1 Å². The summed E-state index contributed by atoms with van der Waals surface area (Å²) in [6.45, 7) is 2.77. The summed E-state index contributed by atoms with van der Waals surface area (Å²) in [6.07, 6.45) is -3.29. The minimum atomic E-state index is -4.61. The van der Waals surface area contributed by atoms with E-state index in [0.29, 0.717) is 40.3 Å². The number of nitrogens with one attached hydrogen (secondary N) is 1. The highest BCUT2D eigenvalue weighted by Crippen LogP contribution is 2.44. The highest BCUT2D eigenvalue weighted by atomic mass is 127. The summed E-state index contributed by atoms with van der Waals surface area (Å²) in [6, 6.07) is 39.3. The first-order chi connectivity index (χ1) is 64.5. The Morgan fingerprint density at radius 2 is 0.878 bits per heavy atom. The Balaban J connectivity index is 0.000000298. The van der Waals surface area contributed by atoms with Gasteiger partial charge in [-0.05, 0) is 159 Å². The third kappa shape index (κ3) is 32.9. The van der Waals surface area contributed by atoms with Crippen LogP contribution in [0.4, 0.5) is 61.5 Å². The Hall–Kier alpha value is -11.8. The molecule has 27 nitrogen and oxygen atoms in total. The van der Waals surface area contributed by atoms with E-state index in [1.165, 1.54) is 108 Å². The van der Waals surface area contributed by atoms with E-state index >= 15 is 0 Å². The Bertz CT molecular complexity index is 6390. The number of carbonyl (C=O) groups is 9. The van der Waals surface area contributed by atoms with Crippen LogP contribution in [0.15, 0.2) is 223 Å². The number of hydrogen-bond acceptors (Lipinski definition) is 18. The molecule has 2 aliphatic rings. The summed E-state index contributed by atoms with van der Waals surface area (Å²) >= 11 is 13.9. The molecule has 13 rings (SSSR count). The molecular formula is C91H87BBr3ClF14I2N16O11. The van der Waals surface area contributed by atoms with Crippen molar-refractivity contribution in [3.8, 4) is 23.5 Å². The molecule has 0 radical (unpaired) electrons. The van der Waals surface area contributed by atoms with Crippen molar-refractivity contribution in [2.75, 3.05) is 21.1 Å². The maximum Gasteiger partial charge on any atom is 0.493 e. The minimum Gasteiger partial charge on any atom is -0.423 e. The SMILES string of the molecule is C#Cc1cccc(Br)c1.CCC(=O)c1cc(C(=O)C(=O)c2cccc(Br)c2)cn1CC(F)(F)F.CCC(=O)c1cc(C2(c3cccc(-c4cccnc4F)c3)N=C(N)N(C)C2=O)cn1CC(F)(F)F.CCC(=O)c1cc(C2(c3cccc(Br)c3)N=C(N)N(C)C2=O)cn1CC(F)(F)F.CCC(=O)c1cc(I)c[nH]1.CCC(=O)c1cc(I)cn1CC(F)(F)F.CN=C(N)N.Cl.OB(O)c1cccnc1F. The van der Waals surface area contributed by atoms with E-state index in [1.54, 1.807) is 74.5 Å². The molecule has 0 aliphatic carbocycles. The molecule has 2 atom stereocenters. The fourth-order valence-corrected chi connectivity index (χ4v) is 15.2. The average Bonchev–Trinajstić information content (AvgIpc) is 1.58. The lowest BCUT2D eigenvalue weighted by Crippen LogP contribution is -2.41. The highest BCUT2D eigenvalue weighted by Gasteiger charge is 2.53. The zero-order valence-electron chi connectivity index (χ0n) is 74.4. The van der Waals surface area contributed by atoms with Crippen LogP contribution in [-0.2, 0) is 46.8 Å². The number of nitrogens with zero attached hydrogens (tertiary/aromatic N) is 11. The third-order valence-corrected chi connectivity index (χ3v) is 22.1. The number of terminal acetylenes is 1. The topological polar surface area (TPSA) is 403 Å². The molecule has 0 saturated heterocycles. The van der Waals surface area contributed by atoms with Gasteiger partial charge < -0.3 is 56.2 Å². The lowest BCUT2D eigenvalue weighted by atomic mass is 9.81. The summed E-state index contributed by atoms with van der Waals surface area (Å²) in [5, 5.41) is 17.0. The molecule has 139 heavy (non-hydrogen) atoms. The second-order valence-electron chi connectivity index (χ2n) is 29.2. The molecule has 11 N–H and O–H groups in total. The monoisotopic (exact) mass is 2380 g/mol. The van der Waals surface area contributed by atoms with Crippen molar-refractivity contribution < 1.29 is 115 Å². The molecule has 7 aromatic heterocycles. The Morgan fingerprint density at radius 3 is 1.24 bits per heavy atom. The van der Waals surface area contributed by atoms with Gasteiger partial charge in [0, 0.05) is 156 Å². The number of guanidine groups is 3. The number of halogens is 20. The Morgan fingerprint density at radius 1 is 0.489 bits per heavy atom. The molecule has 0 spiro atoms. The Labute approximate surface area is 845 Å². The normalized spacial score (nSPS) is 14.2. The zero-order valence-corrected chi connectivity index (χ0v) is 84.3. The first-order valence-corrected chi connectivity index (χ1v) is 45.0. The number of amides is 2. The average molecular weight is 2390 g/mol. The van der Waals surface area contributed by atoms with E-state index in [2.05, 4.69) is 106 Å². The second-order valence-corrected chi connectivity index (χ2v) is 34.5. The van der Waals surface area contributed by atoms with Crippen LogP contribution in [-0.4, -0.2) is 176 Å². The van der Waals surface area contributed by atoms with Crippen molar-refractivity contribution >= 4 is 188 Å². The number of Topliss-reactive ketones (excluding diaryl/α,β-unsaturated/α-hetero) is 7. The molecule has 11 aromatic rings. The van der Waals surface area contributed by atoms with Gasteiger partial charge in [-0.3, -0.25) is 57.9 Å². The molecule has 48 heteroatoms. The summed E-state index contributed by atoms with van der Waals surface area (Å²) in [4.78, 5) is 134. The van der Waals surface area contributed by atoms with Crippen molar-refractivity contribution in [3.63, 3.8) is 0 Å². The third-order valence-electron chi connectivity index (χ3n) is 19.4. The lowest BCUT2D eigenvalue weighted by Gasteiger charge is -2.25. The maximum absolute atomic E-state index is 14.4. The van der Waals surface area contributed by atoms with Crippen molar-refractivity contribution in [3.05, 3.63) is 295 Å². The Kier molecular flexibility index (Phi) is 43.9. The zero-order chi connectivity index (χ0) is 104. The number of benzene rings is 4. The highest BCUT2D eigenvalue weighted by molar-refractivity contribution is 14.1. The quantitative estimate of drug-likeness (QED) is 0.00360. The van der Waals surface area contributed by atoms with Gasteiger partial charge in [-0.25, -0.2) is 20.0 Å². The number of aromatic nitrogens is 7. The van der Waals surface area contributed by atoms with Gasteiger partial charge in [-0.15, -0.1) is 18.8 Å². The van der Waals surface area contributed by atoms with Gasteiger partial charge in [0.05, 0.1) is 28.5 Å². The largest absolute Gasteiger partial charge is 0.493 e. The van der Waals surface area contributed by atoms with Crippen LogP contribution in [0, 0.1) is 31.4 Å². The van der Waals surface area contributed by atoms with E-state index in [0.717, 1.165) is 61.8 Å². The van der Waals surface area contributed by atoms with Gasteiger partial charge in [0.1, 0.15) is 26.2 Å². The standard InChI is InChI=1S/C24H21F4N5O2.C19H18BrF3N4O2.C17H13BrF3NO3.C9H9F3INO.C8H5Br.C7H8INO.C5H5BFNO2.C2H7N3.ClH/c1-3-19(34)18-11-16(12-33(18)13-23(26,27)28)24(21(35)32(2)22(29)31-24)15-7-4-6-14(10-15)17-8-5-9-30-20(17)25;1-3-15(28)14-8-12(9-27(14)10-18(21,22)23)19(11-5-4-6-13(20)7-11)16(29)26(2)17(24)25-19;1-2-14(23)13-7-11(8-22(13)9-17(19,20)21)16(25)15(24)10-4-3-5-12(18)6-10;1-2-8(15)7-3-6(13)4-14(7)5-9(10,11)12;1-2-7-4-3-5-8(9)6-7;1-2-7(10)6-3-5(8)4-9-6;7-5-4(6(9)10)2-1-3-8-5;1-5-2(3)4;/h4-12H,3,13H2,1-2H3,(H2,29,31);4-9H,3,10H2,1-2H3,(H2,24,25);3-8H,2,9H2,1H3;3-4H,2,5H2,1H3;1,3-6H;3-4,9H,2H2,1H3;1-3,9-10H;1H3,(H4,3,4,5);1H. The number of aliphatic imine (C=N–C) groups is 3. The molecule has 2 unspecified atom stereocenters. The number of ketones is 7. The van der Waals surface area contributed by atoms with Crippen LogP contribution >= 0.6 is 105 Å². The first kappa shape index (κ1) is 118. The van der Waals surface area contributed by atoms with Crippen LogP contribution in [0.3, 0.4) is 0 Å². The summed E-state index contributed by atoms with van der Waals surface area (Å²) in [5.74, 6) is -3.76. The number of rotatable bonds is 23. The van der Waals surface area contributed by atoms with E-state index in [1.807, 2.05) is 66.0 Å². The van der Waals surface area contributed by atoms with Crippen molar-refractivity contribution in [1.82, 2.24) is 43.0 Å². The molecule has 4 aromatic carbocycles. The fraction of sp³-hybridized carbons (Fsp3) is 0.253. The molecule has 0 fully saturated rings. The van der Waals surface area contributed by atoms with Gasteiger partial charge in [0.15, 0.2) is 57.9 Å². The summed E-state index contributed by atoms with van der Waals surface area (Å²) in [5.41, 5.74) is 20.1. The molecular weight excluding hydrogens is 2300 g/mol. The number of H-pyrrole nitrogens is 1. The van der Waals surface area contributed by atoms with Crippen molar-refractivity contribution in [2.45, 2.75) is 129 Å². The van der Waals surface area contributed by atoms with Gasteiger partial charge in [-0.1, -0.05) is 143 Å². The number of alkyl halides is 12. The number of likely N-dealkylation sites (N-methyl/N-ethyl adjacent to an activating group) is 2. The molecule has 2 aliphatic heterocycles. The van der Waals surface area contributed by atoms with Crippen LogP contribution in [0.1, 0.15) is 168 Å². The second kappa shape index (κ2) is 51.9. The van der Waals surface area contributed by atoms with Crippen molar-refractivity contribution in [1.29, 1.82) is 0 Å². The van der Waals surface area contributed by atoms with E-state index < -0.39 is 122 Å². The smallest absolute Gasteiger partial charge is 0.423 e. The fourth-order valence-electron chi connectivity index (χ4n) is 12.9. The van der Waals surface area contributed by atoms with Crippen LogP contribution in [0.5, 0.6) is 0 Å². The molecule has 2 amide bonds. The van der Waals surface area contributed by atoms with Crippen LogP contribution < -0.4 is 28.4 Å². The predicted octanol–water partition coefficient (Wildman–Crippen LogP) is 17.9. The van der Waals surface area contributed by atoms with E-state index in [4.69, 9.17) is 39.4 Å². The lowest BCUT2D eigenvalue weighted by molar-refractivity contribution is -0.141. The minimum absolute atomic E-state index is 0. The van der Waals surface area contributed by atoms with Gasteiger partial charge in [-0.2, -0.15) is 61.5 Å². The first-order valence-electron chi connectivity index (χ1n) is 40.5. The summed E-state index contributed by atoms with van der Waals surface area (Å²) in [7, 11) is 2.58. The van der Waals surface area contributed by atoms with Gasteiger partial charge in [0.25, 0.3) is 11.8 Å². The maximum atomic E-state index is 14.4. The van der Waals surface area contributed by atoms with E-state index in [9.17, 15) is 105 Å². The van der Waals surface area contributed by atoms with Gasteiger partial charge >= 0.3 is 31.8 Å². The number of aromatic amines is 1. The van der Waals surface area contributed by atoms with E-state index in [-0.39, 0.29) is 129 Å².